The Morgan fingerprint density at radius 2 is 2.00 bits per heavy atom. The molecule has 4 rings (SSSR count). The predicted octanol–water partition coefficient (Wildman–Crippen LogP) is 0.946. The molecule has 28 heavy (non-hydrogen) atoms. The van der Waals surface area contributed by atoms with Gasteiger partial charge in [0.05, 0.1) is 6.33 Å². The first-order chi connectivity index (χ1) is 13.6. The topological polar surface area (TPSA) is 97.9 Å². The SMILES string of the molecule is O=C(NCCCn1ccnc1)c1nnc2n(c1=O)CCN2c1ccc(F)cc1. The zero-order valence-corrected chi connectivity index (χ0v) is 15.0. The highest BCUT2D eigenvalue weighted by atomic mass is 19.1. The number of imidazole rings is 1. The molecule has 0 unspecified atom stereocenters. The summed E-state index contributed by atoms with van der Waals surface area (Å²) in [6, 6.07) is 5.90. The summed E-state index contributed by atoms with van der Waals surface area (Å²) in [5.41, 5.74) is -0.00730. The van der Waals surface area contributed by atoms with Gasteiger partial charge < -0.3 is 14.8 Å². The minimum absolute atomic E-state index is 0.229. The van der Waals surface area contributed by atoms with Crippen LogP contribution in [0.4, 0.5) is 16.0 Å². The molecule has 3 heterocycles. The molecule has 1 N–H and O–H groups in total. The molecule has 0 saturated carbocycles. The number of carbonyl (C=O) groups excluding carboxylic acids is 1. The molecule has 0 fully saturated rings. The van der Waals surface area contributed by atoms with Crippen molar-refractivity contribution in [1.29, 1.82) is 0 Å². The molecule has 1 aliphatic heterocycles. The Hall–Kier alpha value is -3.56. The summed E-state index contributed by atoms with van der Waals surface area (Å²) in [5, 5.41) is 10.6. The van der Waals surface area contributed by atoms with E-state index in [1.165, 1.54) is 16.7 Å². The van der Waals surface area contributed by atoms with Crippen LogP contribution < -0.4 is 15.8 Å². The average Bonchev–Trinajstić information content (AvgIpc) is 3.36. The highest BCUT2D eigenvalue weighted by Gasteiger charge is 2.27. The van der Waals surface area contributed by atoms with E-state index in [9.17, 15) is 14.0 Å². The van der Waals surface area contributed by atoms with E-state index >= 15 is 0 Å². The molecule has 144 valence electrons. The lowest BCUT2D eigenvalue weighted by Gasteiger charge is -2.16. The summed E-state index contributed by atoms with van der Waals surface area (Å²) >= 11 is 0. The van der Waals surface area contributed by atoms with Crippen LogP contribution in [0.3, 0.4) is 0 Å². The first-order valence-electron chi connectivity index (χ1n) is 8.88. The van der Waals surface area contributed by atoms with Crippen molar-refractivity contribution in [2.24, 2.45) is 0 Å². The van der Waals surface area contributed by atoms with Crippen molar-refractivity contribution < 1.29 is 9.18 Å². The van der Waals surface area contributed by atoms with Crippen LogP contribution in [0, 0.1) is 5.82 Å². The maximum atomic E-state index is 13.1. The van der Waals surface area contributed by atoms with E-state index in [1.54, 1.807) is 29.6 Å². The van der Waals surface area contributed by atoms with Gasteiger partial charge >= 0.3 is 0 Å². The minimum Gasteiger partial charge on any atom is -0.350 e. The average molecular weight is 383 g/mol. The molecule has 2 aromatic heterocycles. The number of hydrogen-bond donors (Lipinski definition) is 1. The number of benzene rings is 1. The molecule has 0 aliphatic carbocycles. The molecule has 0 saturated heterocycles. The highest BCUT2D eigenvalue weighted by Crippen LogP contribution is 2.26. The van der Waals surface area contributed by atoms with Gasteiger partial charge in [0.25, 0.3) is 11.5 Å². The quantitative estimate of drug-likeness (QED) is 0.637. The van der Waals surface area contributed by atoms with Crippen molar-refractivity contribution in [2.45, 2.75) is 19.5 Å². The molecule has 3 aromatic rings. The number of fused-ring (bicyclic) bond motifs is 1. The van der Waals surface area contributed by atoms with Gasteiger partial charge in [-0.1, -0.05) is 0 Å². The van der Waals surface area contributed by atoms with Crippen molar-refractivity contribution in [3.05, 3.63) is 64.9 Å². The number of anilines is 2. The van der Waals surface area contributed by atoms with E-state index in [-0.39, 0.29) is 11.5 Å². The fraction of sp³-hybridized carbons (Fsp3) is 0.278. The first-order valence-corrected chi connectivity index (χ1v) is 8.88. The molecule has 0 atom stereocenters. The Kier molecular flexibility index (Phi) is 4.83. The third kappa shape index (κ3) is 3.48. The van der Waals surface area contributed by atoms with Crippen LogP contribution in [-0.4, -0.2) is 43.3 Å². The van der Waals surface area contributed by atoms with Gasteiger partial charge in [-0.05, 0) is 30.7 Å². The second kappa shape index (κ2) is 7.59. The Labute approximate surface area is 159 Å². The molecule has 1 aromatic carbocycles. The summed E-state index contributed by atoms with van der Waals surface area (Å²) in [5.74, 6) is -0.543. The fourth-order valence-corrected chi connectivity index (χ4v) is 3.09. The zero-order valence-electron chi connectivity index (χ0n) is 15.0. The lowest BCUT2D eigenvalue weighted by atomic mass is 10.3. The molecule has 9 nitrogen and oxygen atoms in total. The van der Waals surface area contributed by atoms with Crippen molar-refractivity contribution in [2.75, 3.05) is 18.0 Å². The number of halogens is 1. The van der Waals surface area contributed by atoms with E-state index in [0.717, 1.165) is 0 Å². The summed E-state index contributed by atoms with van der Waals surface area (Å²) in [6.45, 7) is 1.98. The summed E-state index contributed by atoms with van der Waals surface area (Å²) in [6.07, 6.45) is 5.93. The van der Waals surface area contributed by atoms with Crippen LogP contribution in [0.25, 0.3) is 0 Å². The van der Waals surface area contributed by atoms with Crippen molar-refractivity contribution >= 4 is 17.5 Å². The predicted molar refractivity (Wildman–Crippen MR) is 98.9 cm³/mol. The van der Waals surface area contributed by atoms with Crippen molar-refractivity contribution in [3.8, 4) is 0 Å². The van der Waals surface area contributed by atoms with Gasteiger partial charge in [0.1, 0.15) is 5.82 Å². The molecule has 1 aliphatic rings. The number of aryl methyl sites for hydroxylation is 1. The van der Waals surface area contributed by atoms with E-state index in [4.69, 9.17) is 0 Å². The summed E-state index contributed by atoms with van der Waals surface area (Å²) in [7, 11) is 0. The molecule has 10 heteroatoms. The Morgan fingerprint density at radius 3 is 2.75 bits per heavy atom. The van der Waals surface area contributed by atoms with Crippen LogP contribution in [0.2, 0.25) is 0 Å². The Balaban J connectivity index is 1.44. The van der Waals surface area contributed by atoms with E-state index in [1.807, 2.05) is 10.8 Å². The number of carbonyl (C=O) groups is 1. The largest absolute Gasteiger partial charge is 0.350 e. The number of nitrogens with one attached hydrogen (secondary N) is 1. The smallest absolute Gasteiger partial charge is 0.286 e. The Morgan fingerprint density at radius 1 is 1.18 bits per heavy atom. The van der Waals surface area contributed by atoms with Crippen LogP contribution >= 0.6 is 0 Å². The second-order valence-electron chi connectivity index (χ2n) is 6.34. The number of rotatable bonds is 6. The lowest BCUT2D eigenvalue weighted by Crippen LogP contribution is -2.35. The first kappa shape index (κ1) is 17.8. The summed E-state index contributed by atoms with van der Waals surface area (Å²) < 4.78 is 16.4. The standard InChI is InChI=1S/C18H18FN7O2/c19-13-2-4-14(5-3-13)25-10-11-26-17(28)15(22-23-18(25)26)16(27)21-6-1-8-24-9-7-20-12-24/h2-5,7,9,12H,1,6,8,10-11H2,(H,21,27). The van der Waals surface area contributed by atoms with E-state index < -0.39 is 11.5 Å². The number of amides is 1. The fourth-order valence-electron chi connectivity index (χ4n) is 3.09. The molecule has 0 bridgehead atoms. The second-order valence-corrected chi connectivity index (χ2v) is 6.34. The van der Waals surface area contributed by atoms with Gasteiger partial charge in [0, 0.05) is 44.3 Å². The number of aromatic nitrogens is 5. The van der Waals surface area contributed by atoms with Crippen LogP contribution in [0.1, 0.15) is 16.9 Å². The van der Waals surface area contributed by atoms with Gasteiger partial charge in [-0.2, -0.15) is 0 Å². The van der Waals surface area contributed by atoms with Crippen LogP contribution in [-0.2, 0) is 13.1 Å². The molecular formula is C18H18FN7O2. The van der Waals surface area contributed by atoms with Gasteiger partial charge in [-0.3, -0.25) is 14.2 Å². The van der Waals surface area contributed by atoms with E-state index in [0.29, 0.717) is 44.2 Å². The van der Waals surface area contributed by atoms with Gasteiger partial charge in [-0.25, -0.2) is 9.37 Å². The number of hydrogen-bond acceptors (Lipinski definition) is 6. The molecule has 0 spiro atoms. The van der Waals surface area contributed by atoms with Crippen LogP contribution in [0.5, 0.6) is 0 Å². The minimum atomic E-state index is -0.543. The maximum absolute atomic E-state index is 13.1. The molecular weight excluding hydrogens is 365 g/mol. The maximum Gasteiger partial charge on any atom is 0.286 e. The molecule has 0 radical (unpaired) electrons. The normalized spacial score (nSPS) is 12.8. The van der Waals surface area contributed by atoms with Crippen LogP contribution in [0.15, 0.2) is 47.8 Å². The number of nitrogens with zero attached hydrogens (tertiary/aromatic N) is 6. The zero-order chi connectivity index (χ0) is 19.5. The third-order valence-electron chi connectivity index (χ3n) is 4.51. The monoisotopic (exact) mass is 383 g/mol. The molecule has 1 amide bonds. The summed E-state index contributed by atoms with van der Waals surface area (Å²) in [4.78, 5) is 30.7. The van der Waals surface area contributed by atoms with E-state index in [2.05, 4.69) is 20.5 Å². The highest BCUT2D eigenvalue weighted by molar-refractivity contribution is 5.91. The third-order valence-corrected chi connectivity index (χ3v) is 4.51. The lowest BCUT2D eigenvalue weighted by molar-refractivity contribution is 0.0944. The van der Waals surface area contributed by atoms with Gasteiger partial charge in [0.15, 0.2) is 0 Å². The van der Waals surface area contributed by atoms with Gasteiger partial charge in [-0.15, -0.1) is 10.2 Å². The van der Waals surface area contributed by atoms with Crippen molar-refractivity contribution in [3.63, 3.8) is 0 Å². The van der Waals surface area contributed by atoms with Crippen molar-refractivity contribution in [1.82, 2.24) is 29.6 Å². The van der Waals surface area contributed by atoms with Gasteiger partial charge in [0.2, 0.25) is 11.6 Å². The Bertz CT molecular complexity index is 1030.